The SMILES string of the molecule is CCOC(CCNC(=O)C1CCCNC1)C(C)C. The largest absolute Gasteiger partial charge is 0.378 e. The molecule has 4 heteroatoms. The number of hydrogen-bond donors (Lipinski definition) is 2. The highest BCUT2D eigenvalue weighted by Crippen LogP contribution is 2.12. The second-order valence-corrected chi connectivity index (χ2v) is 5.36. The van der Waals surface area contributed by atoms with Gasteiger partial charge in [-0.2, -0.15) is 0 Å². The van der Waals surface area contributed by atoms with E-state index in [1.165, 1.54) is 0 Å². The lowest BCUT2D eigenvalue weighted by molar-refractivity contribution is -0.125. The quantitative estimate of drug-likeness (QED) is 0.726. The van der Waals surface area contributed by atoms with Crippen molar-refractivity contribution in [2.75, 3.05) is 26.2 Å². The monoisotopic (exact) mass is 256 g/mol. The molecule has 0 bridgehead atoms. The number of piperidine rings is 1. The molecule has 1 aliphatic heterocycles. The number of carbonyl (C=O) groups is 1. The molecule has 1 heterocycles. The Morgan fingerprint density at radius 3 is 2.83 bits per heavy atom. The Morgan fingerprint density at radius 2 is 2.28 bits per heavy atom. The highest BCUT2D eigenvalue weighted by atomic mass is 16.5. The summed E-state index contributed by atoms with van der Waals surface area (Å²) in [6.45, 7) is 9.66. The lowest BCUT2D eigenvalue weighted by atomic mass is 9.98. The Kier molecular flexibility index (Phi) is 7.28. The number of ether oxygens (including phenoxy) is 1. The third-order valence-corrected chi connectivity index (χ3v) is 3.52. The highest BCUT2D eigenvalue weighted by molar-refractivity contribution is 5.78. The van der Waals surface area contributed by atoms with E-state index in [1.807, 2.05) is 6.92 Å². The summed E-state index contributed by atoms with van der Waals surface area (Å²) in [6.07, 6.45) is 3.26. The third kappa shape index (κ3) is 5.36. The van der Waals surface area contributed by atoms with E-state index >= 15 is 0 Å². The summed E-state index contributed by atoms with van der Waals surface area (Å²) in [7, 11) is 0. The van der Waals surface area contributed by atoms with Gasteiger partial charge in [-0.15, -0.1) is 0 Å². The van der Waals surface area contributed by atoms with E-state index < -0.39 is 0 Å². The van der Waals surface area contributed by atoms with Crippen molar-refractivity contribution in [3.8, 4) is 0 Å². The lowest BCUT2D eigenvalue weighted by Crippen LogP contribution is -2.41. The minimum atomic E-state index is 0.156. The van der Waals surface area contributed by atoms with Gasteiger partial charge >= 0.3 is 0 Å². The summed E-state index contributed by atoms with van der Waals surface area (Å²) >= 11 is 0. The molecule has 106 valence electrons. The lowest BCUT2D eigenvalue weighted by Gasteiger charge is -2.24. The first-order valence-electron chi connectivity index (χ1n) is 7.25. The molecule has 0 radical (unpaired) electrons. The van der Waals surface area contributed by atoms with Gasteiger partial charge in [0.15, 0.2) is 0 Å². The number of hydrogen-bond acceptors (Lipinski definition) is 3. The molecule has 1 rings (SSSR count). The topological polar surface area (TPSA) is 50.4 Å². The Morgan fingerprint density at radius 1 is 1.50 bits per heavy atom. The number of nitrogens with one attached hydrogen (secondary N) is 2. The zero-order chi connectivity index (χ0) is 13.4. The summed E-state index contributed by atoms with van der Waals surface area (Å²) in [5.41, 5.74) is 0. The van der Waals surface area contributed by atoms with E-state index in [1.54, 1.807) is 0 Å². The van der Waals surface area contributed by atoms with Gasteiger partial charge in [-0.1, -0.05) is 13.8 Å². The minimum absolute atomic E-state index is 0.156. The average Bonchev–Trinajstić information content (AvgIpc) is 2.38. The molecule has 1 amide bonds. The molecule has 0 saturated carbocycles. The predicted octanol–water partition coefficient (Wildman–Crippen LogP) is 1.55. The summed E-state index contributed by atoms with van der Waals surface area (Å²) < 4.78 is 5.67. The van der Waals surface area contributed by atoms with E-state index in [9.17, 15) is 4.79 Å². The van der Waals surface area contributed by atoms with Crippen LogP contribution in [-0.4, -0.2) is 38.3 Å². The van der Waals surface area contributed by atoms with Crippen molar-refractivity contribution >= 4 is 5.91 Å². The van der Waals surface area contributed by atoms with E-state index in [-0.39, 0.29) is 17.9 Å². The maximum atomic E-state index is 11.9. The molecule has 1 aliphatic rings. The van der Waals surface area contributed by atoms with Gasteiger partial charge in [-0.25, -0.2) is 0 Å². The molecular formula is C14H28N2O2. The fourth-order valence-electron chi connectivity index (χ4n) is 2.38. The Bertz CT molecular complexity index is 238. The maximum Gasteiger partial charge on any atom is 0.224 e. The van der Waals surface area contributed by atoms with E-state index in [0.29, 0.717) is 5.92 Å². The second-order valence-electron chi connectivity index (χ2n) is 5.36. The van der Waals surface area contributed by atoms with Gasteiger partial charge in [0, 0.05) is 19.7 Å². The molecule has 0 aliphatic carbocycles. The first kappa shape index (κ1) is 15.4. The number of carbonyl (C=O) groups excluding carboxylic acids is 1. The van der Waals surface area contributed by atoms with Crippen LogP contribution in [0.5, 0.6) is 0 Å². The molecule has 2 N–H and O–H groups in total. The smallest absolute Gasteiger partial charge is 0.224 e. The molecule has 2 unspecified atom stereocenters. The molecule has 1 saturated heterocycles. The predicted molar refractivity (Wildman–Crippen MR) is 73.5 cm³/mol. The Labute approximate surface area is 111 Å². The zero-order valence-electron chi connectivity index (χ0n) is 12.0. The van der Waals surface area contributed by atoms with Gasteiger partial charge in [0.05, 0.1) is 12.0 Å². The molecule has 18 heavy (non-hydrogen) atoms. The van der Waals surface area contributed by atoms with Crippen molar-refractivity contribution in [2.24, 2.45) is 11.8 Å². The van der Waals surface area contributed by atoms with Crippen LogP contribution in [0, 0.1) is 11.8 Å². The van der Waals surface area contributed by atoms with Crippen molar-refractivity contribution in [3.63, 3.8) is 0 Å². The molecule has 0 aromatic carbocycles. The molecule has 2 atom stereocenters. The van der Waals surface area contributed by atoms with Gasteiger partial charge in [-0.3, -0.25) is 4.79 Å². The number of rotatable bonds is 7. The summed E-state index contributed by atoms with van der Waals surface area (Å²) in [5, 5.41) is 6.31. The van der Waals surface area contributed by atoms with Crippen molar-refractivity contribution < 1.29 is 9.53 Å². The minimum Gasteiger partial charge on any atom is -0.378 e. The summed E-state index contributed by atoms with van der Waals surface area (Å²) in [5.74, 6) is 0.850. The summed E-state index contributed by atoms with van der Waals surface area (Å²) in [6, 6.07) is 0. The van der Waals surface area contributed by atoms with Gasteiger partial charge in [0.25, 0.3) is 0 Å². The van der Waals surface area contributed by atoms with Crippen LogP contribution in [0.2, 0.25) is 0 Å². The molecule has 0 spiro atoms. The number of amides is 1. The van der Waals surface area contributed by atoms with Crippen LogP contribution in [0.3, 0.4) is 0 Å². The third-order valence-electron chi connectivity index (χ3n) is 3.52. The van der Waals surface area contributed by atoms with Gasteiger partial charge < -0.3 is 15.4 Å². The normalized spacial score (nSPS) is 21.9. The molecular weight excluding hydrogens is 228 g/mol. The van der Waals surface area contributed by atoms with Crippen LogP contribution in [0.1, 0.15) is 40.0 Å². The maximum absolute atomic E-state index is 11.9. The van der Waals surface area contributed by atoms with Crippen LogP contribution in [0.15, 0.2) is 0 Å². The molecule has 4 nitrogen and oxygen atoms in total. The van der Waals surface area contributed by atoms with Crippen LogP contribution >= 0.6 is 0 Å². The van der Waals surface area contributed by atoms with E-state index in [2.05, 4.69) is 24.5 Å². The van der Waals surface area contributed by atoms with Gasteiger partial charge in [-0.05, 0) is 38.6 Å². The van der Waals surface area contributed by atoms with Crippen LogP contribution in [0.4, 0.5) is 0 Å². The van der Waals surface area contributed by atoms with E-state index in [0.717, 1.165) is 45.5 Å². The zero-order valence-corrected chi connectivity index (χ0v) is 12.0. The Hall–Kier alpha value is -0.610. The van der Waals surface area contributed by atoms with Gasteiger partial charge in [0.2, 0.25) is 5.91 Å². The summed E-state index contributed by atoms with van der Waals surface area (Å²) in [4.78, 5) is 11.9. The highest BCUT2D eigenvalue weighted by Gasteiger charge is 2.21. The first-order valence-corrected chi connectivity index (χ1v) is 7.25. The second kappa shape index (κ2) is 8.48. The van der Waals surface area contributed by atoms with Crippen LogP contribution in [-0.2, 0) is 9.53 Å². The van der Waals surface area contributed by atoms with Crippen molar-refractivity contribution in [2.45, 2.75) is 46.1 Å². The molecule has 1 fully saturated rings. The standard InChI is InChI=1S/C14H28N2O2/c1-4-18-13(11(2)3)7-9-16-14(17)12-6-5-8-15-10-12/h11-13,15H,4-10H2,1-3H3,(H,16,17). The fourth-order valence-corrected chi connectivity index (χ4v) is 2.38. The molecule has 0 aromatic rings. The average molecular weight is 256 g/mol. The van der Waals surface area contributed by atoms with Crippen molar-refractivity contribution in [1.29, 1.82) is 0 Å². The van der Waals surface area contributed by atoms with Gasteiger partial charge in [0.1, 0.15) is 0 Å². The molecule has 0 aromatic heterocycles. The Balaban J connectivity index is 2.20. The van der Waals surface area contributed by atoms with Crippen LogP contribution < -0.4 is 10.6 Å². The van der Waals surface area contributed by atoms with Crippen molar-refractivity contribution in [3.05, 3.63) is 0 Å². The van der Waals surface area contributed by atoms with E-state index in [4.69, 9.17) is 4.74 Å². The van der Waals surface area contributed by atoms with Crippen LogP contribution in [0.25, 0.3) is 0 Å². The first-order chi connectivity index (χ1) is 8.65. The fraction of sp³-hybridized carbons (Fsp3) is 0.929. The van der Waals surface area contributed by atoms with Crippen molar-refractivity contribution in [1.82, 2.24) is 10.6 Å².